The molecule has 2 heterocycles. The lowest BCUT2D eigenvalue weighted by Crippen LogP contribution is -2.48. The SMILES string of the molecule is CC(C(=O)N1CCOC[C@@H](Cc2cccc3ccncc23)C1)(c1ccccc1)c1ccccc1. The summed E-state index contributed by atoms with van der Waals surface area (Å²) >= 11 is 0. The van der Waals surface area contributed by atoms with Crippen molar-refractivity contribution in [2.45, 2.75) is 18.8 Å². The van der Waals surface area contributed by atoms with Crippen LogP contribution in [0.4, 0.5) is 0 Å². The number of carbonyl (C=O) groups excluding carboxylic acids is 1. The van der Waals surface area contributed by atoms with Gasteiger partial charge in [-0.3, -0.25) is 9.78 Å². The Balaban J connectivity index is 1.45. The molecule has 0 radical (unpaired) electrons. The number of amides is 1. The number of hydrogen-bond donors (Lipinski definition) is 0. The lowest BCUT2D eigenvalue weighted by molar-refractivity contribution is -0.135. The van der Waals surface area contributed by atoms with Crippen LogP contribution in [0.5, 0.6) is 0 Å². The normalized spacial score (nSPS) is 16.9. The van der Waals surface area contributed by atoms with Crippen LogP contribution in [-0.2, 0) is 21.4 Å². The van der Waals surface area contributed by atoms with Gasteiger partial charge in [0.2, 0.25) is 5.91 Å². The van der Waals surface area contributed by atoms with Crippen molar-refractivity contribution in [1.29, 1.82) is 0 Å². The van der Waals surface area contributed by atoms with E-state index in [0.717, 1.165) is 17.5 Å². The van der Waals surface area contributed by atoms with E-state index in [2.05, 4.69) is 54.4 Å². The summed E-state index contributed by atoms with van der Waals surface area (Å²) in [4.78, 5) is 20.6. The molecule has 0 aliphatic carbocycles. The summed E-state index contributed by atoms with van der Waals surface area (Å²) in [7, 11) is 0. The first-order chi connectivity index (χ1) is 16.7. The highest BCUT2D eigenvalue weighted by Crippen LogP contribution is 2.35. The molecule has 3 aromatic carbocycles. The molecule has 1 saturated heterocycles. The van der Waals surface area contributed by atoms with Crippen molar-refractivity contribution in [3.63, 3.8) is 0 Å². The van der Waals surface area contributed by atoms with Gasteiger partial charge in [-0.2, -0.15) is 0 Å². The summed E-state index contributed by atoms with van der Waals surface area (Å²) in [6, 6.07) is 28.7. The first-order valence-electron chi connectivity index (χ1n) is 12.0. The monoisotopic (exact) mass is 450 g/mol. The minimum absolute atomic E-state index is 0.125. The fourth-order valence-electron chi connectivity index (χ4n) is 5.13. The average Bonchev–Trinajstić information content (AvgIpc) is 3.14. The average molecular weight is 451 g/mol. The summed E-state index contributed by atoms with van der Waals surface area (Å²) in [6.45, 7) is 4.52. The van der Waals surface area contributed by atoms with Crippen molar-refractivity contribution < 1.29 is 9.53 Å². The molecule has 1 aliphatic rings. The van der Waals surface area contributed by atoms with Gasteiger partial charge in [0.05, 0.1) is 18.6 Å². The van der Waals surface area contributed by atoms with Crippen LogP contribution in [0.2, 0.25) is 0 Å². The Labute approximate surface area is 201 Å². The van der Waals surface area contributed by atoms with Crippen molar-refractivity contribution in [2.24, 2.45) is 5.92 Å². The van der Waals surface area contributed by atoms with Gasteiger partial charge in [-0.15, -0.1) is 0 Å². The molecule has 4 heteroatoms. The molecular weight excluding hydrogens is 420 g/mol. The van der Waals surface area contributed by atoms with Crippen molar-refractivity contribution >= 4 is 16.7 Å². The highest BCUT2D eigenvalue weighted by Gasteiger charge is 2.41. The number of pyridine rings is 1. The highest BCUT2D eigenvalue weighted by molar-refractivity contribution is 5.92. The van der Waals surface area contributed by atoms with Crippen LogP contribution < -0.4 is 0 Å². The zero-order valence-corrected chi connectivity index (χ0v) is 19.6. The van der Waals surface area contributed by atoms with E-state index in [-0.39, 0.29) is 11.8 Å². The molecule has 4 nitrogen and oxygen atoms in total. The summed E-state index contributed by atoms with van der Waals surface area (Å²) in [5.74, 6) is 0.341. The second-order valence-electron chi connectivity index (χ2n) is 9.27. The Morgan fingerprint density at radius 1 is 0.971 bits per heavy atom. The van der Waals surface area contributed by atoms with Crippen LogP contribution >= 0.6 is 0 Å². The number of benzene rings is 3. The molecule has 0 bridgehead atoms. The summed E-state index contributed by atoms with van der Waals surface area (Å²) in [6.07, 6.45) is 4.61. The predicted octanol–water partition coefficient (Wildman–Crippen LogP) is 5.26. The lowest BCUT2D eigenvalue weighted by atomic mass is 9.75. The Hall–Kier alpha value is -3.50. The molecule has 1 aromatic heterocycles. The molecule has 1 atom stereocenters. The molecule has 0 N–H and O–H groups in total. The Morgan fingerprint density at radius 3 is 2.38 bits per heavy atom. The maximum Gasteiger partial charge on any atom is 0.237 e. The highest BCUT2D eigenvalue weighted by atomic mass is 16.5. The molecular formula is C30H30N2O2. The number of carbonyl (C=O) groups is 1. The Kier molecular flexibility index (Phi) is 6.41. The van der Waals surface area contributed by atoms with E-state index in [1.807, 2.05) is 59.8 Å². The topological polar surface area (TPSA) is 42.4 Å². The molecule has 0 unspecified atom stereocenters. The summed E-state index contributed by atoms with van der Waals surface area (Å²) < 4.78 is 5.99. The van der Waals surface area contributed by atoms with Gasteiger partial charge in [0.15, 0.2) is 0 Å². The smallest absolute Gasteiger partial charge is 0.237 e. The Morgan fingerprint density at radius 2 is 1.68 bits per heavy atom. The van der Waals surface area contributed by atoms with E-state index in [9.17, 15) is 4.79 Å². The van der Waals surface area contributed by atoms with Crippen LogP contribution in [0.1, 0.15) is 23.6 Å². The molecule has 0 spiro atoms. The minimum atomic E-state index is -0.763. The number of aromatic nitrogens is 1. The van der Waals surface area contributed by atoms with Crippen molar-refractivity contribution in [1.82, 2.24) is 9.88 Å². The molecule has 5 rings (SSSR count). The van der Waals surface area contributed by atoms with Gasteiger partial charge in [-0.05, 0) is 41.5 Å². The van der Waals surface area contributed by atoms with Crippen molar-refractivity contribution in [3.8, 4) is 0 Å². The molecule has 34 heavy (non-hydrogen) atoms. The van der Waals surface area contributed by atoms with E-state index in [0.29, 0.717) is 26.3 Å². The fraction of sp³-hybridized carbons (Fsp3) is 0.267. The number of fused-ring (bicyclic) bond motifs is 1. The quantitative estimate of drug-likeness (QED) is 0.417. The number of rotatable bonds is 5. The molecule has 0 saturated carbocycles. The van der Waals surface area contributed by atoms with Gasteiger partial charge in [0, 0.05) is 36.8 Å². The van der Waals surface area contributed by atoms with Gasteiger partial charge < -0.3 is 9.64 Å². The van der Waals surface area contributed by atoms with E-state index < -0.39 is 5.41 Å². The molecule has 1 aliphatic heterocycles. The zero-order chi connectivity index (χ0) is 23.4. The summed E-state index contributed by atoms with van der Waals surface area (Å²) in [5, 5.41) is 2.36. The summed E-state index contributed by atoms with van der Waals surface area (Å²) in [5.41, 5.74) is 2.50. The standard InChI is InChI=1S/C30H30N2O2/c1-30(26-11-4-2-5-12-26,27-13-6-3-7-14-27)29(33)32-17-18-34-22-23(21-32)19-25-10-8-9-24-15-16-31-20-28(24)25/h2-16,20,23H,17-19,21-22H2,1H3/t23-/m0/s1. The number of hydrogen-bond acceptors (Lipinski definition) is 3. The van der Waals surface area contributed by atoms with Crippen LogP contribution in [-0.4, -0.2) is 42.1 Å². The Bertz CT molecular complexity index is 1210. The maximum atomic E-state index is 14.2. The van der Waals surface area contributed by atoms with Crippen LogP contribution in [0.15, 0.2) is 97.3 Å². The van der Waals surface area contributed by atoms with Crippen molar-refractivity contribution in [3.05, 3.63) is 114 Å². The van der Waals surface area contributed by atoms with Gasteiger partial charge in [0.1, 0.15) is 0 Å². The van der Waals surface area contributed by atoms with E-state index >= 15 is 0 Å². The maximum absolute atomic E-state index is 14.2. The molecule has 1 amide bonds. The number of nitrogens with zero attached hydrogens (tertiary/aromatic N) is 2. The third-order valence-corrected chi connectivity index (χ3v) is 7.04. The number of ether oxygens (including phenoxy) is 1. The van der Waals surface area contributed by atoms with Gasteiger partial charge in [-0.1, -0.05) is 78.9 Å². The first-order valence-corrected chi connectivity index (χ1v) is 12.0. The zero-order valence-electron chi connectivity index (χ0n) is 19.6. The molecule has 4 aromatic rings. The first kappa shape index (κ1) is 22.3. The largest absolute Gasteiger partial charge is 0.379 e. The lowest BCUT2D eigenvalue weighted by Gasteiger charge is -2.36. The van der Waals surface area contributed by atoms with Crippen LogP contribution in [0, 0.1) is 5.92 Å². The van der Waals surface area contributed by atoms with Crippen LogP contribution in [0.25, 0.3) is 10.8 Å². The molecule has 172 valence electrons. The van der Waals surface area contributed by atoms with Crippen LogP contribution in [0.3, 0.4) is 0 Å². The minimum Gasteiger partial charge on any atom is -0.379 e. The third-order valence-electron chi connectivity index (χ3n) is 7.04. The second kappa shape index (κ2) is 9.78. The van der Waals surface area contributed by atoms with Gasteiger partial charge in [0.25, 0.3) is 0 Å². The van der Waals surface area contributed by atoms with Gasteiger partial charge >= 0.3 is 0 Å². The second-order valence-corrected chi connectivity index (χ2v) is 9.27. The predicted molar refractivity (Wildman–Crippen MR) is 136 cm³/mol. The fourth-order valence-corrected chi connectivity index (χ4v) is 5.13. The van der Waals surface area contributed by atoms with Gasteiger partial charge in [-0.25, -0.2) is 0 Å². The van der Waals surface area contributed by atoms with E-state index in [1.54, 1.807) is 0 Å². The molecule has 1 fully saturated rings. The van der Waals surface area contributed by atoms with E-state index in [4.69, 9.17) is 4.74 Å². The van der Waals surface area contributed by atoms with Crippen molar-refractivity contribution in [2.75, 3.05) is 26.3 Å². The van der Waals surface area contributed by atoms with E-state index in [1.165, 1.54) is 16.3 Å². The third kappa shape index (κ3) is 4.34.